The molecule has 1 heterocycles. The SMILES string of the molecule is CC(C)c1cc(CO)nn1-c1ccc(C(C)(C)C)cc1. The highest BCUT2D eigenvalue weighted by Gasteiger charge is 2.15. The van der Waals surface area contributed by atoms with E-state index in [0.29, 0.717) is 11.6 Å². The molecule has 0 bridgehead atoms. The fourth-order valence-corrected chi connectivity index (χ4v) is 2.24. The Hall–Kier alpha value is -1.61. The van der Waals surface area contributed by atoms with E-state index in [9.17, 15) is 5.11 Å². The third-order valence-electron chi connectivity index (χ3n) is 3.52. The second-order valence-corrected chi connectivity index (χ2v) is 6.58. The van der Waals surface area contributed by atoms with Crippen LogP contribution in [0.3, 0.4) is 0 Å². The lowest BCUT2D eigenvalue weighted by atomic mass is 9.87. The number of hydrogen-bond acceptors (Lipinski definition) is 2. The van der Waals surface area contributed by atoms with Gasteiger partial charge in [-0.3, -0.25) is 0 Å². The fraction of sp³-hybridized carbons (Fsp3) is 0.471. The average Bonchev–Trinajstić information content (AvgIpc) is 2.82. The minimum atomic E-state index is -0.0210. The van der Waals surface area contributed by atoms with Crippen LogP contribution in [-0.4, -0.2) is 14.9 Å². The summed E-state index contributed by atoms with van der Waals surface area (Å²) in [4.78, 5) is 0. The van der Waals surface area contributed by atoms with Crippen LogP contribution in [0.25, 0.3) is 5.69 Å². The van der Waals surface area contributed by atoms with Crippen molar-refractivity contribution in [3.8, 4) is 5.69 Å². The van der Waals surface area contributed by atoms with E-state index in [1.807, 2.05) is 10.7 Å². The smallest absolute Gasteiger partial charge is 0.0886 e. The molecule has 0 saturated carbocycles. The molecule has 0 spiro atoms. The summed E-state index contributed by atoms with van der Waals surface area (Å²) in [5.74, 6) is 0.366. The van der Waals surface area contributed by atoms with Gasteiger partial charge < -0.3 is 5.11 Å². The summed E-state index contributed by atoms with van der Waals surface area (Å²) in [5, 5.41) is 13.8. The zero-order valence-corrected chi connectivity index (χ0v) is 13.0. The van der Waals surface area contributed by atoms with Gasteiger partial charge in [0.25, 0.3) is 0 Å². The van der Waals surface area contributed by atoms with Crippen LogP contribution in [0.1, 0.15) is 57.5 Å². The van der Waals surface area contributed by atoms with Gasteiger partial charge in [-0.25, -0.2) is 4.68 Å². The molecule has 0 saturated heterocycles. The van der Waals surface area contributed by atoms with E-state index in [1.165, 1.54) is 5.56 Å². The van der Waals surface area contributed by atoms with Crippen molar-refractivity contribution in [1.29, 1.82) is 0 Å². The first-order valence-corrected chi connectivity index (χ1v) is 7.13. The van der Waals surface area contributed by atoms with Crippen LogP contribution in [0, 0.1) is 0 Å². The molecule has 20 heavy (non-hydrogen) atoms. The first kappa shape index (κ1) is 14.8. The number of hydrogen-bond donors (Lipinski definition) is 1. The minimum Gasteiger partial charge on any atom is -0.390 e. The number of aliphatic hydroxyl groups is 1. The van der Waals surface area contributed by atoms with E-state index in [1.54, 1.807) is 0 Å². The first-order valence-electron chi connectivity index (χ1n) is 7.13. The van der Waals surface area contributed by atoms with Crippen LogP contribution in [-0.2, 0) is 12.0 Å². The van der Waals surface area contributed by atoms with Crippen molar-refractivity contribution in [2.24, 2.45) is 0 Å². The van der Waals surface area contributed by atoms with Gasteiger partial charge in [0.1, 0.15) is 0 Å². The Morgan fingerprint density at radius 1 is 1.15 bits per heavy atom. The van der Waals surface area contributed by atoms with E-state index in [-0.39, 0.29) is 12.0 Å². The van der Waals surface area contributed by atoms with Gasteiger partial charge in [-0.1, -0.05) is 46.8 Å². The summed E-state index contributed by atoms with van der Waals surface area (Å²) in [7, 11) is 0. The molecule has 0 aliphatic rings. The maximum absolute atomic E-state index is 9.28. The Morgan fingerprint density at radius 2 is 1.75 bits per heavy atom. The highest BCUT2D eigenvalue weighted by Crippen LogP contribution is 2.25. The molecule has 108 valence electrons. The van der Waals surface area contributed by atoms with Crippen LogP contribution >= 0.6 is 0 Å². The summed E-state index contributed by atoms with van der Waals surface area (Å²) in [6, 6.07) is 10.5. The van der Waals surface area contributed by atoms with E-state index in [2.05, 4.69) is 64.0 Å². The largest absolute Gasteiger partial charge is 0.390 e. The highest BCUT2D eigenvalue weighted by atomic mass is 16.3. The summed E-state index contributed by atoms with van der Waals surface area (Å²) < 4.78 is 1.93. The molecule has 2 rings (SSSR count). The number of nitrogens with zero attached hydrogens (tertiary/aromatic N) is 2. The van der Waals surface area contributed by atoms with Gasteiger partial charge in [0.15, 0.2) is 0 Å². The molecule has 0 fully saturated rings. The molecular formula is C17H24N2O. The number of aliphatic hydroxyl groups excluding tert-OH is 1. The zero-order valence-electron chi connectivity index (χ0n) is 13.0. The molecule has 0 radical (unpaired) electrons. The number of aromatic nitrogens is 2. The monoisotopic (exact) mass is 272 g/mol. The van der Waals surface area contributed by atoms with Gasteiger partial charge in [-0.2, -0.15) is 5.10 Å². The molecule has 2 aromatic rings. The van der Waals surface area contributed by atoms with E-state index < -0.39 is 0 Å². The molecule has 0 unspecified atom stereocenters. The Bertz CT molecular complexity index is 574. The molecular weight excluding hydrogens is 248 g/mol. The topological polar surface area (TPSA) is 38.1 Å². The van der Waals surface area contributed by atoms with Crippen molar-refractivity contribution in [3.63, 3.8) is 0 Å². The predicted octanol–water partition coefficient (Wildman–Crippen LogP) is 3.79. The van der Waals surface area contributed by atoms with Gasteiger partial charge in [0, 0.05) is 5.69 Å². The van der Waals surface area contributed by atoms with Gasteiger partial charge in [0.05, 0.1) is 18.0 Å². The van der Waals surface area contributed by atoms with Gasteiger partial charge in [0.2, 0.25) is 0 Å². The normalized spacial score (nSPS) is 12.2. The van der Waals surface area contributed by atoms with E-state index in [4.69, 9.17) is 0 Å². The lowest BCUT2D eigenvalue weighted by molar-refractivity contribution is 0.276. The van der Waals surface area contributed by atoms with Crippen LogP contribution in [0.4, 0.5) is 0 Å². The molecule has 1 N–H and O–H groups in total. The fourth-order valence-electron chi connectivity index (χ4n) is 2.24. The second-order valence-electron chi connectivity index (χ2n) is 6.58. The standard InChI is InChI=1S/C17H24N2O/c1-12(2)16-10-14(11-20)18-19(16)15-8-6-13(7-9-15)17(3,4)5/h6-10,12,20H,11H2,1-5H3. The minimum absolute atomic E-state index is 0.0210. The van der Waals surface area contributed by atoms with Gasteiger partial charge in [-0.15, -0.1) is 0 Å². The van der Waals surface area contributed by atoms with Crippen LogP contribution in [0.2, 0.25) is 0 Å². The van der Waals surface area contributed by atoms with Gasteiger partial charge in [-0.05, 0) is 35.1 Å². The molecule has 1 aromatic heterocycles. The lowest BCUT2D eigenvalue weighted by Crippen LogP contribution is -2.11. The average molecular weight is 272 g/mol. The van der Waals surface area contributed by atoms with Crippen LogP contribution < -0.4 is 0 Å². The summed E-state index contributed by atoms with van der Waals surface area (Å²) >= 11 is 0. The zero-order chi connectivity index (χ0) is 14.9. The van der Waals surface area contributed by atoms with Crippen molar-refractivity contribution < 1.29 is 5.11 Å². The summed E-state index contributed by atoms with van der Waals surface area (Å²) in [5.41, 5.74) is 4.34. The Labute approximate surface area is 121 Å². The molecule has 0 aliphatic heterocycles. The van der Waals surface area contributed by atoms with Crippen molar-refractivity contribution >= 4 is 0 Å². The summed E-state index contributed by atoms with van der Waals surface area (Å²) in [6.07, 6.45) is 0. The van der Waals surface area contributed by atoms with E-state index in [0.717, 1.165) is 11.4 Å². The molecule has 3 nitrogen and oxygen atoms in total. The molecule has 0 aliphatic carbocycles. The number of rotatable bonds is 3. The summed E-state index contributed by atoms with van der Waals surface area (Å²) in [6.45, 7) is 10.9. The molecule has 3 heteroatoms. The van der Waals surface area contributed by atoms with Crippen molar-refractivity contribution in [2.75, 3.05) is 0 Å². The molecule has 0 amide bonds. The second kappa shape index (κ2) is 5.41. The van der Waals surface area contributed by atoms with Crippen molar-refractivity contribution in [2.45, 2.75) is 52.6 Å². The van der Waals surface area contributed by atoms with Crippen LogP contribution in [0.15, 0.2) is 30.3 Å². The number of benzene rings is 1. The Morgan fingerprint density at radius 3 is 2.20 bits per heavy atom. The Balaban J connectivity index is 2.43. The van der Waals surface area contributed by atoms with Crippen LogP contribution in [0.5, 0.6) is 0 Å². The van der Waals surface area contributed by atoms with E-state index >= 15 is 0 Å². The van der Waals surface area contributed by atoms with Gasteiger partial charge >= 0.3 is 0 Å². The highest BCUT2D eigenvalue weighted by molar-refractivity contribution is 5.38. The molecule has 1 aromatic carbocycles. The Kier molecular flexibility index (Phi) is 4.00. The molecule has 0 atom stereocenters. The third kappa shape index (κ3) is 2.93. The quantitative estimate of drug-likeness (QED) is 0.923. The first-order chi connectivity index (χ1) is 9.32. The van der Waals surface area contributed by atoms with Crippen molar-refractivity contribution in [1.82, 2.24) is 9.78 Å². The lowest BCUT2D eigenvalue weighted by Gasteiger charge is -2.19. The maximum atomic E-state index is 9.28. The predicted molar refractivity (Wildman–Crippen MR) is 82.3 cm³/mol. The maximum Gasteiger partial charge on any atom is 0.0886 e. The third-order valence-corrected chi connectivity index (χ3v) is 3.52. The van der Waals surface area contributed by atoms with Crippen molar-refractivity contribution in [3.05, 3.63) is 47.3 Å².